The second kappa shape index (κ2) is 9.26. The van der Waals surface area contributed by atoms with Gasteiger partial charge in [0.05, 0.1) is 13.2 Å². The van der Waals surface area contributed by atoms with E-state index in [1.807, 2.05) is 49.4 Å². The van der Waals surface area contributed by atoms with E-state index in [9.17, 15) is 4.79 Å². The number of carbonyl (C=O) groups is 1. The lowest BCUT2D eigenvalue weighted by Crippen LogP contribution is -2.26. The SMILES string of the molecule is COc1ccc([C@@H](C)NC(=O)CCSCc2ccccc2)cc1. The van der Waals surface area contributed by atoms with Gasteiger partial charge in [0.25, 0.3) is 0 Å². The third-order valence-electron chi connectivity index (χ3n) is 3.58. The van der Waals surface area contributed by atoms with Crippen molar-refractivity contribution in [1.29, 1.82) is 0 Å². The van der Waals surface area contributed by atoms with Gasteiger partial charge in [-0.2, -0.15) is 11.8 Å². The fraction of sp³-hybridized carbons (Fsp3) is 0.316. The van der Waals surface area contributed by atoms with Crippen molar-refractivity contribution in [3.63, 3.8) is 0 Å². The maximum absolute atomic E-state index is 12.0. The molecule has 0 aliphatic heterocycles. The molecule has 0 aromatic heterocycles. The zero-order valence-electron chi connectivity index (χ0n) is 13.6. The van der Waals surface area contributed by atoms with Gasteiger partial charge < -0.3 is 10.1 Å². The van der Waals surface area contributed by atoms with Crippen molar-refractivity contribution in [2.24, 2.45) is 0 Å². The van der Waals surface area contributed by atoms with E-state index in [0.29, 0.717) is 6.42 Å². The second-order valence-electron chi connectivity index (χ2n) is 5.35. The molecule has 0 bridgehead atoms. The molecule has 0 aliphatic rings. The van der Waals surface area contributed by atoms with Crippen LogP contribution in [0.3, 0.4) is 0 Å². The average molecular weight is 329 g/mol. The molecule has 0 unspecified atom stereocenters. The van der Waals surface area contributed by atoms with Gasteiger partial charge in [-0.1, -0.05) is 42.5 Å². The summed E-state index contributed by atoms with van der Waals surface area (Å²) in [6, 6.07) is 18.1. The summed E-state index contributed by atoms with van der Waals surface area (Å²) in [5.41, 5.74) is 2.38. The average Bonchev–Trinajstić information content (AvgIpc) is 2.59. The number of nitrogens with one attached hydrogen (secondary N) is 1. The summed E-state index contributed by atoms with van der Waals surface area (Å²) in [6.45, 7) is 2.00. The number of amides is 1. The minimum Gasteiger partial charge on any atom is -0.497 e. The molecule has 2 aromatic carbocycles. The van der Waals surface area contributed by atoms with Gasteiger partial charge in [0.2, 0.25) is 5.91 Å². The van der Waals surface area contributed by atoms with E-state index in [0.717, 1.165) is 22.8 Å². The summed E-state index contributed by atoms with van der Waals surface area (Å²) in [6.07, 6.45) is 0.540. The van der Waals surface area contributed by atoms with E-state index >= 15 is 0 Å². The lowest BCUT2D eigenvalue weighted by Gasteiger charge is -2.14. The minimum absolute atomic E-state index is 0.00697. The highest BCUT2D eigenvalue weighted by Gasteiger charge is 2.09. The quantitative estimate of drug-likeness (QED) is 0.738. The van der Waals surface area contributed by atoms with Crippen molar-refractivity contribution in [2.45, 2.75) is 25.1 Å². The Bertz CT molecular complexity index is 599. The van der Waals surface area contributed by atoms with Crippen LogP contribution in [0.2, 0.25) is 0 Å². The first-order valence-electron chi connectivity index (χ1n) is 7.74. The Kier molecular flexibility index (Phi) is 7.01. The van der Waals surface area contributed by atoms with E-state index in [-0.39, 0.29) is 11.9 Å². The van der Waals surface area contributed by atoms with Crippen LogP contribution in [0.5, 0.6) is 5.75 Å². The molecule has 122 valence electrons. The van der Waals surface area contributed by atoms with Crippen LogP contribution in [0.25, 0.3) is 0 Å². The van der Waals surface area contributed by atoms with Gasteiger partial charge in [-0.3, -0.25) is 4.79 Å². The molecular formula is C19H23NO2S. The highest BCUT2D eigenvalue weighted by molar-refractivity contribution is 7.98. The number of rotatable bonds is 8. The Morgan fingerprint density at radius 3 is 2.48 bits per heavy atom. The molecule has 2 aromatic rings. The first kappa shape index (κ1) is 17.4. The van der Waals surface area contributed by atoms with E-state index in [2.05, 4.69) is 17.4 Å². The molecule has 0 spiro atoms. The number of hydrogen-bond acceptors (Lipinski definition) is 3. The maximum atomic E-state index is 12.0. The first-order valence-corrected chi connectivity index (χ1v) is 8.89. The summed E-state index contributed by atoms with van der Waals surface area (Å²) in [5, 5.41) is 3.04. The number of thioether (sulfide) groups is 1. The van der Waals surface area contributed by atoms with E-state index < -0.39 is 0 Å². The summed E-state index contributed by atoms with van der Waals surface area (Å²) < 4.78 is 5.14. The molecule has 23 heavy (non-hydrogen) atoms. The fourth-order valence-corrected chi connectivity index (χ4v) is 3.12. The predicted molar refractivity (Wildman–Crippen MR) is 96.8 cm³/mol. The Hall–Kier alpha value is -1.94. The van der Waals surface area contributed by atoms with Crippen molar-refractivity contribution in [3.8, 4) is 5.75 Å². The van der Waals surface area contributed by atoms with Crippen molar-refractivity contribution >= 4 is 17.7 Å². The molecule has 0 fully saturated rings. The van der Waals surface area contributed by atoms with E-state index in [1.165, 1.54) is 5.56 Å². The standard InChI is InChI=1S/C19H23NO2S/c1-15(17-8-10-18(22-2)11-9-17)20-19(21)12-13-23-14-16-6-4-3-5-7-16/h3-11,15H,12-14H2,1-2H3,(H,20,21)/t15-/m1/s1. The summed E-state index contributed by atoms with van der Waals surface area (Å²) in [4.78, 5) is 12.0. The Balaban J connectivity index is 1.69. The third-order valence-corrected chi connectivity index (χ3v) is 4.61. The van der Waals surface area contributed by atoms with Gasteiger partial charge in [0.15, 0.2) is 0 Å². The van der Waals surface area contributed by atoms with Crippen LogP contribution in [0.1, 0.15) is 30.5 Å². The van der Waals surface area contributed by atoms with Gasteiger partial charge in [-0.15, -0.1) is 0 Å². The highest BCUT2D eigenvalue weighted by Crippen LogP contribution is 2.18. The number of carbonyl (C=O) groups excluding carboxylic acids is 1. The number of hydrogen-bond donors (Lipinski definition) is 1. The second-order valence-corrected chi connectivity index (χ2v) is 6.46. The Morgan fingerprint density at radius 2 is 1.83 bits per heavy atom. The molecule has 1 atom stereocenters. The van der Waals surface area contributed by atoms with Crippen molar-refractivity contribution in [2.75, 3.05) is 12.9 Å². The van der Waals surface area contributed by atoms with Crippen molar-refractivity contribution < 1.29 is 9.53 Å². The largest absolute Gasteiger partial charge is 0.497 e. The summed E-state index contributed by atoms with van der Waals surface area (Å²) >= 11 is 1.79. The molecule has 0 heterocycles. The molecule has 0 saturated heterocycles. The van der Waals surface area contributed by atoms with E-state index in [4.69, 9.17) is 4.74 Å². The third kappa shape index (κ3) is 5.99. The summed E-state index contributed by atoms with van der Waals surface area (Å²) in [7, 11) is 1.65. The van der Waals surface area contributed by atoms with Crippen LogP contribution in [0.4, 0.5) is 0 Å². The van der Waals surface area contributed by atoms with Gasteiger partial charge >= 0.3 is 0 Å². The lowest BCUT2D eigenvalue weighted by molar-refractivity contribution is -0.121. The van der Waals surface area contributed by atoms with Gasteiger partial charge in [-0.25, -0.2) is 0 Å². The van der Waals surface area contributed by atoms with Crippen LogP contribution < -0.4 is 10.1 Å². The molecule has 2 rings (SSSR count). The van der Waals surface area contributed by atoms with Crippen molar-refractivity contribution in [3.05, 3.63) is 65.7 Å². The Morgan fingerprint density at radius 1 is 1.13 bits per heavy atom. The van der Waals surface area contributed by atoms with Crippen LogP contribution >= 0.6 is 11.8 Å². The molecule has 0 aliphatic carbocycles. The molecule has 1 amide bonds. The van der Waals surface area contributed by atoms with Crippen LogP contribution in [-0.2, 0) is 10.5 Å². The number of ether oxygens (including phenoxy) is 1. The highest BCUT2D eigenvalue weighted by atomic mass is 32.2. The topological polar surface area (TPSA) is 38.3 Å². The normalized spacial score (nSPS) is 11.7. The van der Waals surface area contributed by atoms with Gasteiger partial charge in [0, 0.05) is 17.9 Å². The molecule has 1 N–H and O–H groups in total. The maximum Gasteiger partial charge on any atom is 0.221 e. The predicted octanol–water partition coefficient (Wildman–Crippen LogP) is 4.20. The smallest absolute Gasteiger partial charge is 0.221 e. The zero-order valence-corrected chi connectivity index (χ0v) is 14.4. The van der Waals surface area contributed by atoms with E-state index in [1.54, 1.807) is 18.9 Å². The zero-order chi connectivity index (χ0) is 16.5. The monoisotopic (exact) mass is 329 g/mol. The number of methoxy groups -OCH3 is 1. The molecule has 4 heteroatoms. The van der Waals surface area contributed by atoms with Gasteiger partial charge in [-0.05, 0) is 30.2 Å². The van der Waals surface area contributed by atoms with Crippen LogP contribution in [0.15, 0.2) is 54.6 Å². The minimum atomic E-state index is 0.00697. The van der Waals surface area contributed by atoms with Gasteiger partial charge in [0.1, 0.15) is 5.75 Å². The Labute approximate surface area is 142 Å². The first-order chi connectivity index (χ1) is 11.2. The molecular weight excluding hydrogens is 306 g/mol. The van der Waals surface area contributed by atoms with Crippen molar-refractivity contribution in [1.82, 2.24) is 5.32 Å². The summed E-state index contributed by atoms with van der Waals surface area (Å²) in [5.74, 6) is 2.69. The molecule has 3 nitrogen and oxygen atoms in total. The molecule has 0 saturated carbocycles. The number of benzene rings is 2. The molecule has 0 radical (unpaired) electrons. The lowest BCUT2D eigenvalue weighted by atomic mass is 10.1. The van der Waals surface area contributed by atoms with Crippen LogP contribution in [0, 0.1) is 0 Å². The fourth-order valence-electron chi connectivity index (χ4n) is 2.22. The van der Waals surface area contributed by atoms with Crippen LogP contribution in [-0.4, -0.2) is 18.8 Å².